The zero-order valence-electron chi connectivity index (χ0n) is 12.4. The van der Waals surface area contributed by atoms with Crippen LogP contribution in [0.4, 0.5) is 17.1 Å². The van der Waals surface area contributed by atoms with E-state index in [1.165, 1.54) is 6.07 Å². The van der Waals surface area contributed by atoms with E-state index in [2.05, 4.69) is 0 Å². The highest BCUT2D eigenvalue weighted by atomic mass is 35.5. The number of anilines is 2. The zero-order chi connectivity index (χ0) is 15.9. The molecule has 1 aromatic heterocycles. The normalized spacial score (nSPS) is 13.2. The summed E-state index contributed by atoms with van der Waals surface area (Å²) in [7, 11) is 0. The minimum Gasteiger partial charge on any atom is -0.398 e. The number of benzene rings is 1. The highest BCUT2D eigenvalue weighted by molar-refractivity contribution is 7.14. The molecule has 122 valence electrons. The van der Waals surface area contributed by atoms with E-state index in [9.17, 15) is 14.9 Å². The summed E-state index contributed by atoms with van der Waals surface area (Å²) < 4.78 is 0. The molecule has 1 aromatic carbocycles. The second-order valence-electron chi connectivity index (χ2n) is 5.21. The maximum atomic E-state index is 12.7. The topological polar surface area (TPSA) is 89.5 Å². The number of nitro groups is 1. The number of thiophene rings is 1. The van der Waals surface area contributed by atoms with Crippen LogP contribution in [0.15, 0.2) is 24.3 Å². The largest absolute Gasteiger partial charge is 0.398 e. The molecule has 1 aliphatic rings. The van der Waals surface area contributed by atoms with Crippen molar-refractivity contribution in [2.75, 3.05) is 17.2 Å². The first-order valence-corrected chi connectivity index (χ1v) is 7.74. The van der Waals surface area contributed by atoms with Gasteiger partial charge < -0.3 is 10.6 Å². The Hall–Kier alpha value is -2.12. The summed E-state index contributed by atoms with van der Waals surface area (Å²) in [4.78, 5) is 25.8. The Bertz CT molecular complexity index is 775. The molecule has 2 heterocycles. The fourth-order valence-corrected chi connectivity index (χ4v) is 3.69. The maximum Gasteiger partial charge on any atom is 0.283 e. The summed E-state index contributed by atoms with van der Waals surface area (Å²) in [5.74, 6) is -0.201. The first-order valence-electron chi connectivity index (χ1n) is 6.93. The number of fused-ring (bicyclic) bond motifs is 1. The lowest BCUT2D eigenvalue weighted by Crippen LogP contribution is -2.35. The van der Waals surface area contributed by atoms with Crippen molar-refractivity contribution in [3.05, 3.63) is 49.7 Å². The third-order valence-corrected chi connectivity index (χ3v) is 4.86. The van der Waals surface area contributed by atoms with Gasteiger partial charge in [-0.15, -0.1) is 23.7 Å². The average Bonchev–Trinajstić information content (AvgIpc) is 2.89. The van der Waals surface area contributed by atoms with Crippen LogP contribution in [-0.2, 0) is 6.42 Å². The molecule has 0 aliphatic carbocycles. The fraction of sp³-hybridized carbons (Fsp3) is 0.267. The van der Waals surface area contributed by atoms with Crippen LogP contribution in [0.5, 0.6) is 0 Å². The lowest BCUT2D eigenvalue weighted by atomic mass is 10.00. The highest BCUT2D eigenvalue weighted by Crippen LogP contribution is 2.35. The number of nitrogen functional groups attached to an aromatic ring is 1. The van der Waals surface area contributed by atoms with E-state index in [0.717, 1.165) is 35.4 Å². The minimum absolute atomic E-state index is 0. The van der Waals surface area contributed by atoms with Crippen LogP contribution in [0.1, 0.15) is 26.5 Å². The van der Waals surface area contributed by atoms with Crippen molar-refractivity contribution >= 4 is 46.7 Å². The van der Waals surface area contributed by atoms with Crippen LogP contribution in [0.2, 0.25) is 0 Å². The van der Waals surface area contributed by atoms with Crippen molar-refractivity contribution in [3.63, 3.8) is 0 Å². The van der Waals surface area contributed by atoms with Crippen LogP contribution >= 0.6 is 23.7 Å². The monoisotopic (exact) mass is 353 g/mol. The van der Waals surface area contributed by atoms with Gasteiger partial charge in [-0.3, -0.25) is 14.9 Å². The number of hydrogen-bond acceptors (Lipinski definition) is 5. The number of nitrogens with zero attached hydrogens (tertiary/aromatic N) is 2. The van der Waals surface area contributed by atoms with E-state index >= 15 is 0 Å². The van der Waals surface area contributed by atoms with Crippen molar-refractivity contribution in [2.24, 2.45) is 0 Å². The standard InChI is InChI=1S/C15H15N3O3S.ClH/c1-9-13(18(20)21)8-14(22-9)15(19)17-7-3-4-10-11(16)5-2-6-12(10)17;/h2,5-6,8H,3-4,7,16H2,1H3;1H. The number of carbonyl (C=O) groups is 1. The number of hydrogen-bond donors (Lipinski definition) is 1. The molecule has 2 N–H and O–H groups in total. The van der Waals surface area contributed by atoms with E-state index in [4.69, 9.17) is 5.73 Å². The summed E-state index contributed by atoms with van der Waals surface area (Å²) >= 11 is 1.16. The van der Waals surface area contributed by atoms with E-state index in [1.807, 2.05) is 18.2 Å². The molecule has 0 radical (unpaired) electrons. The Labute approximate surface area is 143 Å². The van der Waals surface area contributed by atoms with Crippen molar-refractivity contribution in [3.8, 4) is 0 Å². The molecule has 23 heavy (non-hydrogen) atoms. The predicted molar refractivity (Wildman–Crippen MR) is 93.8 cm³/mol. The average molecular weight is 354 g/mol. The molecular weight excluding hydrogens is 338 g/mol. The van der Waals surface area contributed by atoms with Gasteiger partial charge in [-0.2, -0.15) is 0 Å². The number of halogens is 1. The Balaban J connectivity index is 0.00000192. The van der Waals surface area contributed by atoms with Crippen LogP contribution in [-0.4, -0.2) is 17.4 Å². The maximum absolute atomic E-state index is 12.7. The van der Waals surface area contributed by atoms with Crippen molar-refractivity contribution in [1.29, 1.82) is 0 Å². The lowest BCUT2D eigenvalue weighted by Gasteiger charge is -2.29. The molecule has 0 bridgehead atoms. The van der Waals surface area contributed by atoms with E-state index in [-0.39, 0.29) is 24.0 Å². The molecule has 3 rings (SSSR count). The quantitative estimate of drug-likeness (QED) is 0.507. The fourth-order valence-electron chi connectivity index (χ4n) is 2.75. The van der Waals surface area contributed by atoms with E-state index in [0.29, 0.717) is 22.0 Å². The summed E-state index contributed by atoms with van der Waals surface area (Å²) in [6.45, 7) is 2.25. The number of rotatable bonds is 2. The number of amides is 1. The highest BCUT2D eigenvalue weighted by Gasteiger charge is 2.28. The Kier molecular flexibility index (Phi) is 4.91. The van der Waals surface area contributed by atoms with Crippen LogP contribution in [0, 0.1) is 17.0 Å². The van der Waals surface area contributed by atoms with Gasteiger partial charge in [0, 0.05) is 24.0 Å². The smallest absolute Gasteiger partial charge is 0.283 e. The second-order valence-corrected chi connectivity index (χ2v) is 6.47. The SMILES string of the molecule is Cc1sc(C(=O)N2CCCc3c(N)cccc32)cc1[N+](=O)[O-].Cl. The first-order chi connectivity index (χ1) is 10.5. The molecule has 0 fully saturated rings. The third-order valence-electron chi connectivity index (χ3n) is 3.83. The number of aryl methyl sites for hydroxylation is 1. The van der Waals surface area contributed by atoms with Crippen molar-refractivity contribution in [1.82, 2.24) is 0 Å². The minimum atomic E-state index is -0.454. The second kappa shape index (κ2) is 6.55. The van der Waals surface area contributed by atoms with Gasteiger partial charge in [0.15, 0.2) is 0 Å². The summed E-state index contributed by atoms with van der Waals surface area (Å²) in [5, 5.41) is 10.9. The van der Waals surface area contributed by atoms with Gasteiger partial charge in [0.1, 0.15) is 0 Å². The molecule has 2 aromatic rings. The predicted octanol–water partition coefficient (Wildman–Crippen LogP) is 3.56. The molecule has 6 nitrogen and oxygen atoms in total. The van der Waals surface area contributed by atoms with Crippen LogP contribution < -0.4 is 10.6 Å². The van der Waals surface area contributed by atoms with Gasteiger partial charge in [0.25, 0.3) is 11.6 Å². The van der Waals surface area contributed by atoms with Gasteiger partial charge in [-0.1, -0.05) is 6.07 Å². The Morgan fingerprint density at radius 1 is 1.43 bits per heavy atom. The molecule has 0 spiro atoms. The van der Waals surface area contributed by atoms with Gasteiger partial charge in [0.2, 0.25) is 0 Å². The molecule has 0 saturated carbocycles. The van der Waals surface area contributed by atoms with Gasteiger partial charge in [0.05, 0.1) is 14.7 Å². The van der Waals surface area contributed by atoms with Gasteiger partial charge in [-0.25, -0.2) is 0 Å². The number of carbonyl (C=O) groups excluding carboxylic acids is 1. The van der Waals surface area contributed by atoms with Crippen molar-refractivity contribution < 1.29 is 9.72 Å². The van der Waals surface area contributed by atoms with Crippen molar-refractivity contribution in [2.45, 2.75) is 19.8 Å². The molecule has 1 aliphatic heterocycles. The molecule has 0 saturated heterocycles. The molecule has 8 heteroatoms. The lowest BCUT2D eigenvalue weighted by molar-refractivity contribution is -0.385. The third kappa shape index (κ3) is 3.02. The first kappa shape index (κ1) is 17.2. The summed E-state index contributed by atoms with van der Waals surface area (Å²) in [6, 6.07) is 6.88. The summed E-state index contributed by atoms with van der Waals surface area (Å²) in [5.41, 5.74) is 8.45. The van der Waals surface area contributed by atoms with E-state index < -0.39 is 4.92 Å². The molecular formula is C15H16ClN3O3S. The molecule has 1 amide bonds. The summed E-state index contributed by atoms with van der Waals surface area (Å²) in [6.07, 6.45) is 1.68. The number of nitrogens with two attached hydrogens (primary N) is 1. The van der Waals surface area contributed by atoms with Crippen LogP contribution in [0.25, 0.3) is 0 Å². The zero-order valence-corrected chi connectivity index (χ0v) is 14.1. The van der Waals surface area contributed by atoms with Gasteiger partial charge in [-0.05, 0) is 37.5 Å². The Morgan fingerprint density at radius 2 is 2.17 bits per heavy atom. The van der Waals surface area contributed by atoms with E-state index in [1.54, 1.807) is 11.8 Å². The molecule has 0 atom stereocenters. The Morgan fingerprint density at radius 3 is 2.83 bits per heavy atom. The molecule has 0 unspecified atom stereocenters. The van der Waals surface area contributed by atoms with Gasteiger partial charge >= 0.3 is 0 Å². The van der Waals surface area contributed by atoms with Crippen LogP contribution in [0.3, 0.4) is 0 Å².